The summed E-state index contributed by atoms with van der Waals surface area (Å²) in [5.74, 6) is 0.964. The van der Waals surface area contributed by atoms with E-state index in [0.717, 1.165) is 12.5 Å². The minimum Gasteiger partial charge on any atom is -0.310 e. The molecule has 0 spiro atoms. The van der Waals surface area contributed by atoms with Crippen molar-refractivity contribution < 1.29 is 0 Å². The molecule has 1 heterocycles. The molecule has 0 bridgehead atoms. The van der Waals surface area contributed by atoms with Crippen LogP contribution in [0.25, 0.3) is 0 Å². The highest BCUT2D eigenvalue weighted by Crippen LogP contribution is 2.27. The summed E-state index contributed by atoms with van der Waals surface area (Å²) in [7, 11) is 0. The molecule has 2 rings (SSSR count). The number of rotatable bonds is 4. The number of hydrogen-bond acceptors (Lipinski definition) is 3. The molecule has 0 amide bonds. The fraction of sp³-hybridized carbons (Fsp3) is 0.667. The molecule has 3 heteroatoms. The first-order valence-corrected chi connectivity index (χ1v) is 5.28. The predicted molar refractivity (Wildman–Crippen MR) is 51.3 cm³/mol. The Morgan fingerprint density at radius 2 is 2.50 bits per heavy atom. The van der Waals surface area contributed by atoms with Gasteiger partial charge in [-0.2, -0.15) is 0 Å². The van der Waals surface area contributed by atoms with E-state index in [-0.39, 0.29) is 0 Å². The Bertz CT molecular complexity index is 253. The smallest absolute Gasteiger partial charge is 0.107 e. The molecular formula is C9H14N2S. The Hall–Kier alpha value is -0.410. The third-order valence-corrected chi connectivity index (χ3v) is 2.99. The lowest BCUT2D eigenvalue weighted by Gasteiger charge is -1.98. The van der Waals surface area contributed by atoms with Gasteiger partial charge in [-0.05, 0) is 32.2 Å². The molecule has 1 aromatic heterocycles. The zero-order valence-electron chi connectivity index (χ0n) is 7.34. The predicted octanol–water partition coefficient (Wildman–Crippen LogP) is 1.95. The van der Waals surface area contributed by atoms with Gasteiger partial charge >= 0.3 is 0 Å². The van der Waals surface area contributed by atoms with Crippen LogP contribution >= 0.6 is 11.3 Å². The lowest BCUT2D eigenvalue weighted by atomic mass is 10.4. The van der Waals surface area contributed by atoms with Crippen LogP contribution in [0.15, 0.2) is 6.20 Å². The van der Waals surface area contributed by atoms with Crippen LogP contribution in [-0.2, 0) is 6.54 Å². The Labute approximate surface area is 77.0 Å². The minimum atomic E-state index is 0.953. The van der Waals surface area contributed by atoms with Crippen LogP contribution in [0.3, 0.4) is 0 Å². The van der Waals surface area contributed by atoms with Crippen LogP contribution in [0.2, 0.25) is 0 Å². The van der Waals surface area contributed by atoms with Gasteiger partial charge in [0.15, 0.2) is 0 Å². The average Bonchev–Trinajstić information content (AvgIpc) is 2.76. The van der Waals surface area contributed by atoms with Gasteiger partial charge < -0.3 is 5.32 Å². The van der Waals surface area contributed by atoms with E-state index in [1.54, 1.807) is 11.3 Å². The largest absolute Gasteiger partial charge is 0.310 e. The van der Waals surface area contributed by atoms with Gasteiger partial charge in [-0.15, -0.1) is 11.3 Å². The Balaban J connectivity index is 1.71. The van der Waals surface area contributed by atoms with Crippen LogP contribution in [0.4, 0.5) is 0 Å². The lowest BCUT2D eigenvalue weighted by Crippen LogP contribution is -2.15. The molecular weight excluding hydrogens is 168 g/mol. The molecule has 0 saturated heterocycles. The maximum atomic E-state index is 4.29. The van der Waals surface area contributed by atoms with Crippen molar-refractivity contribution in [1.82, 2.24) is 10.3 Å². The van der Waals surface area contributed by atoms with Crippen LogP contribution < -0.4 is 5.32 Å². The topological polar surface area (TPSA) is 24.9 Å². The molecule has 1 N–H and O–H groups in total. The second kappa shape index (κ2) is 3.54. The summed E-state index contributed by atoms with van der Waals surface area (Å²) in [5, 5.41) is 4.64. The molecule has 1 saturated carbocycles. The number of aryl methyl sites for hydroxylation is 1. The van der Waals surface area contributed by atoms with E-state index in [9.17, 15) is 0 Å². The van der Waals surface area contributed by atoms with Gasteiger partial charge in [0.1, 0.15) is 5.01 Å². The molecule has 12 heavy (non-hydrogen) atoms. The van der Waals surface area contributed by atoms with Gasteiger partial charge in [-0.3, -0.25) is 0 Å². The summed E-state index contributed by atoms with van der Waals surface area (Å²) in [5.41, 5.74) is 0. The summed E-state index contributed by atoms with van der Waals surface area (Å²) in [6, 6.07) is 0. The SMILES string of the molecule is Cc1cnc(CNCC2CC2)s1. The van der Waals surface area contributed by atoms with Crippen molar-refractivity contribution in [2.24, 2.45) is 5.92 Å². The van der Waals surface area contributed by atoms with Gasteiger partial charge in [0.2, 0.25) is 0 Å². The summed E-state index contributed by atoms with van der Waals surface area (Å²) >= 11 is 1.79. The lowest BCUT2D eigenvalue weighted by molar-refractivity contribution is 0.637. The van der Waals surface area contributed by atoms with Crippen molar-refractivity contribution in [3.63, 3.8) is 0 Å². The number of aromatic nitrogens is 1. The highest BCUT2D eigenvalue weighted by molar-refractivity contribution is 7.11. The molecule has 2 nitrogen and oxygen atoms in total. The molecule has 0 radical (unpaired) electrons. The fourth-order valence-corrected chi connectivity index (χ4v) is 1.95. The summed E-state index contributed by atoms with van der Waals surface area (Å²) < 4.78 is 0. The Morgan fingerprint density at radius 1 is 1.67 bits per heavy atom. The van der Waals surface area contributed by atoms with E-state index >= 15 is 0 Å². The molecule has 0 aliphatic heterocycles. The summed E-state index contributed by atoms with van der Waals surface area (Å²) in [6.07, 6.45) is 4.78. The second-order valence-electron chi connectivity index (χ2n) is 3.44. The standard InChI is InChI=1S/C9H14N2S/c1-7-4-11-9(12-7)6-10-5-8-2-3-8/h4,8,10H,2-3,5-6H2,1H3. The molecule has 1 aromatic rings. The van der Waals surface area contributed by atoms with E-state index in [1.807, 2.05) is 6.20 Å². The summed E-state index contributed by atoms with van der Waals surface area (Å²) in [4.78, 5) is 5.59. The number of thiazole rings is 1. The zero-order valence-corrected chi connectivity index (χ0v) is 8.16. The second-order valence-corrected chi connectivity index (χ2v) is 4.76. The van der Waals surface area contributed by atoms with Gasteiger partial charge in [0.25, 0.3) is 0 Å². The first kappa shape index (κ1) is 8.20. The highest BCUT2D eigenvalue weighted by atomic mass is 32.1. The first-order chi connectivity index (χ1) is 5.84. The van der Waals surface area contributed by atoms with Gasteiger partial charge in [0.05, 0.1) is 0 Å². The van der Waals surface area contributed by atoms with Crippen molar-refractivity contribution >= 4 is 11.3 Å². The summed E-state index contributed by atoms with van der Waals surface area (Å²) in [6.45, 7) is 4.23. The van der Waals surface area contributed by atoms with E-state index in [4.69, 9.17) is 0 Å². The number of nitrogens with zero attached hydrogens (tertiary/aromatic N) is 1. The van der Waals surface area contributed by atoms with Crippen LogP contribution in [0.1, 0.15) is 22.7 Å². The average molecular weight is 182 g/mol. The van der Waals surface area contributed by atoms with Crippen molar-refractivity contribution in [3.8, 4) is 0 Å². The van der Waals surface area contributed by atoms with Gasteiger partial charge in [0, 0.05) is 17.6 Å². The Morgan fingerprint density at radius 3 is 3.08 bits per heavy atom. The minimum absolute atomic E-state index is 0.953. The molecule has 0 aromatic carbocycles. The Kier molecular flexibility index (Phi) is 2.42. The van der Waals surface area contributed by atoms with Gasteiger partial charge in [-0.1, -0.05) is 0 Å². The quantitative estimate of drug-likeness (QED) is 0.770. The van der Waals surface area contributed by atoms with Crippen molar-refractivity contribution in [2.45, 2.75) is 26.3 Å². The number of nitrogens with one attached hydrogen (secondary N) is 1. The highest BCUT2D eigenvalue weighted by Gasteiger charge is 2.20. The third kappa shape index (κ3) is 2.29. The maximum Gasteiger partial charge on any atom is 0.107 e. The van der Waals surface area contributed by atoms with Gasteiger partial charge in [-0.25, -0.2) is 4.98 Å². The normalized spacial score (nSPS) is 16.8. The van der Waals surface area contributed by atoms with Crippen LogP contribution in [-0.4, -0.2) is 11.5 Å². The molecule has 1 aliphatic carbocycles. The molecule has 1 fully saturated rings. The molecule has 66 valence electrons. The monoisotopic (exact) mass is 182 g/mol. The maximum absolute atomic E-state index is 4.29. The van der Waals surface area contributed by atoms with Crippen LogP contribution in [0, 0.1) is 12.8 Å². The van der Waals surface area contributed by atoms with E-state index < -0.39 is 0 Å². The number of hydrogen-bond donors (Lipinski definition) is 1. The van der Waals surface area contributed by atoms with Crippen LogP contribution in [0.5, 0.6) is 0 Å². The van der Waals surface area contributed by atoms with Crippen molar-refractivity contribution in [1.29, 1.82) is 0 Å². The molecule has 1 aliphatic rings. The van der Waals surface area contributed by atoms with Crippen molar-refractivity contribution in [2.75, 3.05) is 6.54 Å². The third-order valence-electron chi connectivity index (χ3n) is 2.08. The molecule has 0 unspecified atom stereocenters. The zero-order chi connectivity index (χ0) is 8.39. The first-order valence-electron chi connectivity index (χ1n) is 4.46. The van der Waals surface area contributed by atoms with E-state index in [0.29, 0.717) is 0 Å². The molecule has 0 atom stereocenters. The van der Waals surface area contributed by atoms with Crippen molar-refractivity contribution in [3.05, 3.63) is 16.1 Å². The van der Waals surface area contributed by atoms with E-state index in [1.165, 1.54) is 29.3 Å². The van der Waals surface area contributed by atoms with E-state index in [2.05, 4.69) is 17.2 Å². The fourth-order valence-electron chi connectivity index (χ4n) is 1.19.